The van der Waals surface area contributed by atoms with Gasteiger partial charge in [0.15, 0.2) is 0 Å². The van der Waals surface area contributed by atoms with Gasteiger partial charge in [-0.1, -0.05) is 12.1 Å². The average molecular weight is 299 g/mol. The molecule has 8 heteroatoms. The maximum atomic E-state index is 12.1. The summed E-state index contributed by atoms with van der Waals surface area (Å²) in [6, 6.07) is 5.96. The van der Waals surface area contributed by atoms with Crippen LogP contribution in [0.3, 0.4) is 0 Å². The molecule has 1 heterocycles. The lowest BCUT2D eigenvalue weighted by Gasteiger charge is -2.23. The topological polar surface area (TPSA) is 101 Å². The summed E-state index contributed by atoms with van der Waals surface area (Å²) >= 11 is 0. The normalized spacial score (nSPS) is 19.7. The fourth-order valence-corrected chi connectivity index (χ4v) is 3.58. The molecule has 7 nitrogen and oxygen atoms in total. The first kappa shape index (κ1) is 14.9. The van der Waals surface area contributed by atoms with Crippen LogP contribution in [0.2, 0.25) is 0 Å². The Morgan fingerprint density at radius 2 is 2.25 bits per heavy atom. The molecule has 110 valence electrons. The van der Waals surface area contributed by atoms with Gasteiger partial charge in [0.1, 0.15) is 0 Å². The molecular weight excluding hydrogens is 282 g/mol. The van der Waals surface area contributed by atoms with E-state index in [1.54, 1.807) is 12.1 Å². The van der Waals surface area contributed by atoms with Crippen LogP contribution < -0.4 is 10.0 Å². The van der Waals surface area contributed by atoms with E-state index in [-0.39, 0.29) is 12.2 Å². The van der Waals surface area contributed by atoms with Crippen molar-refractivity contribution in [3.05, 3.63) is 39.9 Å². The fraction of sp³-hybridized carbons (Fsp3) is 0.500. The van der Waals surface area contributed by atoms with Crippen LogP contribution >= 0.6 is 0 Å². The molecule has 1 atom stereocenters. The molecule has 20 heavy (non-hydrogen) atoms. The molecule has 0 bridgehead atoms. The van der Waals surface area contributed by atoms with E-state index < -0.39 is 20.2 Å². The standard InChI is InChI=1S/C12H17N3O4S/c16-15(17)11-4-1-3-10(7-11)8-14-20(18,19)12-5-2-6-13-9-12/h1,3-4,7,12-14H,2,5-6,8-9H2. The molecule has 1 aliphatic heterocycles. The molecule has 1 aliphatic rings. The molecule has 0 aromatic heterocycles. The molecule has 0 amide bonds. The van der Waals surface area contributed by atoms with E-state index >= 15 is 0 Å². The zero-order valence-electron chi connectivity index (χ0n) is 10.9. The van der Waals surface area contributed by atoms with Crippen LogP contribution in [-0.2, 0) is 16.6 Å². The van der Waals surface area contributed by atoms with Crippen molar-refractivity contribution >= 4 is 15.7 Å². The number of nitrogens with zero attached hydrogens (tertiary/aromatic N) is 1. The zero-order chi connectivity index (χ0) is 14.6. The van der Waals surface area contributed by atoms with Crippen LogP contribution in [0.5, 0.6) is 0 Å². The van der Waals surface area contributed by atoms with E-state index in [2.05, 4.69) is 10.0 Å². The van der Waals surface area contributed by atoms with Crippen LogP contribution in [-0.4, -0.2) is 31.7 Å². The largest absolute Gasteiger partial charge is 0.315 e. The maximum Gasteiger partial charge on any atom is 0.269 e. The van der Waals surface area contributed by atoms with Crippen LogP contribution in [0.4, 0.5) is 5.69 Å². The summed E-state index contributed by atoms with van der Waals surface area (Å²) in [6.07, 6.45) is 1.47. The molecule has 0 radical (unpaired) electrons. The molecule has 2 N–H and O–H groups in total. The number of rotatable bonds is 5. The summed E-state index contributed by atoms with van der Waals surface area (Å²) in [5, 5.41) is 13.3. The van der Waals surface area contributed by atoms with Crippen LogP contribution in [0.1, 0.15) is 18.4 Å². The summed E-state index contributed by atoms with van der Waals surface area (Å²) in [5.74, 6) is 0. The molecule has 1 fully saturated rings. The van der Waals surface area contributed by atoms with E-state index in [0.29, 0.717) is 18.5 Å². The fourth-order valence-electron chi connectivity index (χ4n) is 2.17. The van der Waals surface area contributed by atoms with Gasteiger partial charge in [-0.15, -0.1) is 0 Å². The molecule has 1 aromatic rings. The number of hydrogen-bond donors (Lipinski definition) is 2. The Kier molecular flexibility index (Phi) is 4.69. The quantitative estimate of drug-likeness (QED) is 0.617. The molecule has 1 saturated heterocycles. The first-order chi connectivity index (χ1) is 9.49. The van der Waals surface area contributed by atoms with Gasteiger partial charge in [-0.25, -0.2) is 13.1 Å². The predicted molar refractivity (Wildman–Crippen MR) is 74.7 cm³/mol. The molecule has 0 saturated carbocycles. The van der Waals surface area contributed by atoms with E-state index in [1.165, 1.54) is 12.1 Å². The monoisotopic (exact) mass is 299 g/mol. The Hall–Kier alpha value is -1.51. The highest BCUT2D eigenvalue weighted by Crippen LogP contribution is 2.14. The van der Waals surface area contributed by atoms with Gasteiger partial charge in [0.25, 0.3) is 5.69 Å². The number of non-ortho nitro benzene ring substituents is 1. The van der Waals surface area contributed by atoms with Crippen molar-refractivity contribution < 1.29 is 13.3 Å². The summed E-state index contributed by atoms with van der Waals surface area (Å²) in [7, 11) is -3.40. The van der Waals surface area contributed by atoms with Crippen molar-refractivity contribution in [2.75, 3.05) is 13.1 Å². The molecule has 2 rings (SSSR count). The summed E-state index contributed by atoms with van der Waals surface area (Å²) in [5.41, 5.74) is 0.535. The highest BCUT2D eigenvalue weighted by molar-refractivity contribution is 7.90. The lowest BCUT2D eigenvalue weighted by atomic mass is 10.2. The Morgan fingerprint density at radius 1 is 1.45 bits per heavy atom. The molecule has 0 spiro atoms. The van der Waals surface area contributed by atoms with Crippen molar-refractivity contribution in [1.82, 2.24) is 10.0 Å². The van der Waals surface area contributed by atoms with Crippen molar-refractivity contribution in [3.63, 3.8) is 0 Å². The van der Waals surface area contributed by atoms with Gasteiger partial charge in [-0.3, -0.25) is 10.1 Å². The summed E-state index contributed by atoms with van der Waals surface area (Å²) in [4.78, 5) is 10.2. The maximum absolute atomic E-state index is 12.1. The van der Waals surface area contributed by atoms with Crippen molar-refractivity contribution in [3.8, 4) is 0 Å². The second kappa shape index (κ2) is 6.29. The number of piperidine rings is 1. The Bertz CT molecular complexity index is 582. The number of sulfonamides is 1. The molecule has 1 unspecified atom stereocenters. The van der Waals surface area contributed by atoms with Gasteiger partial charge < -0.3 is 5.32 Å². The summed E-state index contributed by atoms with van der Waals surface area (Å²) in [6.45, 7) is 1.36. The number of nitrogens with one attached hydrogen (secondary N) is 2. The van der Waals surface area contributed by atoms with Crippen LogP contribution in [0, 0.1) is 10.1 Å². The van der Waals surface area contributed by atoms with Gasteiger partial charge in [0, 0.05) is 25.2 Å². The van der Waals surface area contributed by atoms with E-state index in [4.69, 9.17) is 0 Å². The van der Waals surface area contributed by atoms with E-state index in [0.717, 1.165) is 13.0 Å². The minimum atomic E-state index is -3.40. The number of nitro groups is 1. The summed E-state index contributed by atoms with van der Waals surface area (Å²) < 4.78 is 26.7. The van der Waals surface area contributed by atoms with Crippen molar-refractivity contribution in [1.29, 1.82) is 0 Å². The zero-order valence-corrected chi connectivity index (χ0v) is 11.7. The van der Waals surface area contributed by atoms with Gasteiger partial charge in [0.2, 0.25) is 10.0 Å². The van der Waals surface area contributed by atoms with Crippen LogP contribution in [0.15, 0.2) is 24.3 Å². The Balaban J connectivity index is 2.00. The van der Waals surface area contributed by atoms with Gasteiger partial charge >= 0.3 is 0 Å². The molecule has 0 aliphatic carbocycles. The lowest BCUT2D eigenvalue weighted by molar-refractivity contribution is -0.384. The third-order valence-corrected chi connectivity index (χ3v) is 5.12. The highest BCUT2D eigenvalue weighted by Gasteiger charge is 2.26. The molecular formula is C12H17N3O4S. The third-order valence-electron chi connectivity index (χ3n) is 3.29. The number of hydrogen-bond acceptors (Lipinski definition) is 5. The van der Waals surface area contributed by atoms with Crippen LogP contribution in [0.25, 0.3) is 0 Å². The minimum Gasteiger partial charge on any atom is -0.315 e. The van der Waals surface area contributed by atoms with Crippen molar-refractivity contribution in [2.24, 2.45) is 0 Å². The van der Waals surface area contributed by atoms with E-state index in [9.17, 15) is 18.5 Å². The first-order valence-corrected chi connectivity index (χ1v) is 7.96. The predicted octanol–water partition coefficient (Wildman–Crippen LogP) is 0.766. The average Bonchev–Trinajstić information content (AvgIpc) is 2.46. The SMILES string of the molecule is O=[N+]([O-])c1cccc(CNS(=O)(=O)C2CCCNC2)c1. The first-order valence-electron chi connectivity index (χ1n) is 6.41. The van der Waals surface area contributed by atoms with Gasteiger partial charge in [-0.05, 0) is 24.9 Å². The Labute approximate surface area is 117 Å². The minimum absolute atomic E-state index is 0.0407. The van der Waals surface area contributed by atoms with Gasteiger partial charge in [0.05, 0.1) is 10.2 Å². The second-order valence-corrected chi connectivity index (χ2v) is 6.81. The number of benzene rings is 1. The Morgan fingerprint density at radius 3 is 2.90 bits per heavy atom. The third kappa shape index (κ3) is 3.75. The highest BCUT2D eigenvalue weighted by atomic mass is 32.2. The van der Waals surface area contributed by atoms with Gasteiger partial charge in [-0.2, -0.15) is 0 Å². The number of nitro benzene ring substituents is 1. The molecule has 1 aromatic carbocycles. The van der Waals surface area contributed by atoms with Crippen molar-refractivity contribution in [2.45, 2.75) is 24.6 Å². The lowest BCUT2D eigenvalue weighted by Crippen LogP contribution is -2.44. The smallest absolute Gasteiger partial charge is 0.269 e. The van der Waals surface area contributed by atoms with E-state index in [1.807, 2.05) is 0 Å². The second-order valence-electron chi connectivity index (χ2n) is 4.76.